The van der Waals surface area contributed by atoms with Crippen LogP contribution < -0.4 is 10.6 Å². The minimum Gasteiger partial charge on any atom is -0.469 e. The van der Waals surface area contributed by atoms with E-state index in [2.05, 4.69) is 21.7 Å². The number of nitrogens with zero attached hydrogens (tertiary/aromatic N) is 1. The van der Waals surface area contributed by atoms with Crippen LogP contribution in [-0.2, 0) is 19.5 Å². The number of hydrogen-bond acceptors (Lipinski definition) is 3. The minimum absolute atomic E-state index is 0.244. The van der Waals surface area contributed by atoms with Gasteiger partial charge in [0.15, 0.2) is 5.96 Å². The summed E-state index contributed by atoms with van der Waals surface area (Å²) in [5.41, 5.74) is 0.836. The Balaban J connectivity index is 1.58. The van der Waals surface area contributed by atoms with E-state index in [-0.39, 0.29) is 5.82 Å². The molecular formula is C19H20FN3OS. The Hall–Kier alpha value is -2.60. The Labute approximate surface area is 150 Å². The number of furan rings is 1. The minimum atomic E-state index is -0.244. The van der Waals surface area contributed by atoms with E-state index >= 15 is 0 Å². The van der Waals surface area contributed by atoms with Gasteiger partial charge in [-0.25, -0.2) is 9.38 Å². The van der Waals surface area contributed by atoms with Crippen molar-refractivity contribution in [2.45, 2.75) is 19.5 Å². The van der Waals surface area contributed by atoms with Crippen molar-refractivity contribution in [3.05, 3.63) is 82.2 Å². The molecule has 2 heterocycles. The van der Waals surface area contributed by atoms with E-state index in [1.54, 1.807) is 23.7 Å². The van der Waals surface area contributed by atoms with Crippen molar-refractivity contribution in [2.24, 2.45) is 4.99 Å². The van der Waals surface area contributed by atoms with Gasteiger partial charge in [-0.3, -0.25) is 0 Å². The Morgan fingerprint density at radius 3 is 2.84 bits per heavy atom. The Kier molecular flexibility index (Phi) is 6.23. The second-order valence-electron chi connectivity index (χ2n) is 5.48. The average Bonchev–Trinajstić information content (AvgIpc) is 3.30. The van der Waals surface area contributed by atoms with Crippen molar-refractivity contribution < 1.29 is 8.81 Å². The van der Waals surface area contributed by atoms with E-state index in [0.717, 1.165) is 17.7 Å². The van der Waals surface area contributed by atoms with E-state index in [9.17, 15) is 4.39 Å². The molecule has 0 aliphatic rings. The molecule has 0 bridgehead atoms. The molecule has 0 unspecified atom stereocenters. The summed E-state index contributed by atoms with van der Waals surface area (Å²) in [5.74, 6) is 1.38. The molecule has 0 radical (unpaired) electrons. The van der Waals surface area contributed by atoms with Gasteiger partial charge in [-0.05, 0) is 41.3 Å². The first-order chi connectivity index (χ1) is 12.3. The third-order valence-electron chi connectivity index (χ3n) is 3.56. The van der Waals surface area contributed by atoms with Crippen molar-refractivity contribution in [3.8, 4) is 0 Å². The number of benzene rings is 1. The van der Waals surface area contributed by atoms with Crippen molar-refractivity contribution in [1.82, 2.24) is 10.6 Å². The maximum atomic E-state index is 13.3. The lowest BCUT2D eigenvalue weighted by Gasteiger charge is -2.12. The van der Waals surface area contributed by atoms with Crippen LogP contribution in [0.25, 0.3) is 0 Å². The third-order valence-corrected chi connectivity index (χ3v) is 4.44. The predicted octanol–water partition coefficient (Wildman–Crippen LogP) is 3.96. The second-order valence-corrected chi connectivity index (χ2v) is 6.52. The SMILES string of the molecule is Fc1cccc(CN=C(NCCc2ccco2)NCc2cccs2)c1. The molecule has 0 saturated heterocycles. The molecule has 2 aromatic heterocycles. The Bertz CT molecular complexity index is 785. The molecule has 0 spiro atoms. The Morgan fingerprint density at radius 1 is 1.12 bits per heavy atom. The van der Waals surface area contributed by atoms with Crippen LogP contribution in [0.15, 0.2) is 69.6 Å². The van der Waals surface area contributed by atoms with Crippen LogP contribution in [0.3, 0.4) is 0 Å². The molecule has 2 N–H and O–H groups in total. The first-order valence-corrected chi connectivity index (χ1v) is 8.99. The molecule has 0 atom stereocenters. The number of rotatable bonds is 7. The molecule has 3 rings (SSSR count). The molecule has 0 aliphatic heterocycles. The highest BCUT2D eigenvalue weighted by molar-refractivity contribution is 7.09. The summed E-state index contributed by atoms with van der Waals surface area (Å²) in [6, 6.07) is 14.4. The van der Waals surface area contributed by atoms with Gasteiger partial charge < -0.3 is 15.1 Å². The lowest BCUT2D eigenvalue weighted by Crippen LogP contribution is -2.37. The average molecular weight is 357 g/mol. The smallest absolute Gasteiger partial charge is 0.191 e. The van der Waals surface area contributed by atoms with Crippen LogP contribution in [0, 0.1) is 5.82 Å². The van der Waals surface area contributed by atoms with Gasteiger partial charge in [0.2, 0.25) is 0 Å². The van der Waals surface area contributed by atoms with E-state index < -0.39 is 0 Å². The van der Waals surface area contributed by atoms with E-state index in [0.29, 0.717) is 25.6 Å². The Morgan fingerprint density at radius 2 is 2.08 bits per heavy atom. The van der Waals surface area contributed by atoms with Crippen molar-refractivity contribution >= 4 is 17.3 Å². The highest BCUT2D eigenvalue weighted by Crippen LogP contribution is 2.08. The van der Waals surface area contributed by atoms with Crippen molar-refractivity contribution in [1.29, 1.82) is 0 Å². The number of hydrogen-bond donors (Lipinski definition) is 2. The summed E-state index contributed by atoms with van der Waals surface area (Å²) in [7, 11) is 0. The second kappa shape index (κ2) is 9.03. The lowest BCUT2D eigenvalue weighted by atomic mass is 10.2. The van der Waals surface area contributed by atoms with Crippen molar-refractivity contribution in [2.75, 3.05) is 6.54 Å². The van der Waals surface area contributed by atoms with Crippen LogP contribution >= 0.6 is 11.3 Å². The van der Waals surface area contributed by atoms with Gasteiger partial charge in [-0.1, -0.05) is 18.2 Å². The normalized spacial score (nSPS) is 11.5. The molecule has 0 aliphatic carbocycles. The van der Waals surface area contributed by atoms with Crippen LogP contribution in [-0.4, -0.2) is 12.5 Å². The van der Waals surface area contributed by atoms with Crippen LogP contribution in [0.5, 0.6) is 0 Å². The van der Waals surface area contributed by atoms with Gasteiger partial charge in [0.25, 0.3) is 0 Å². The summed E-state index contributed by atoms with van der Waals surface area (Å²) in [6.45, 7) is 1.82. The monoisotopic (exact) mass is 357 g/mol. The largest absolute Gasteiger partial charge is 0.469 e. The summed E-state index contributed by atoms with van der Waals surface area (Å²) in [6.07, 6.45) is 2.44. The summed E-state index contributed by atoms with van der Waals surface area (Å²) < 4.78 is 18.6. The highest BCUT2D eigenvalue weighted by Gasteiger charge is 2.02. The molecule has 6 heteroatoms. The fraction of sp³-hybridized carbons (Fsp3) is 0.211. The lowest BCUT2D eigenvalue weighted by molar-refractivity contribution is 0.506. The van der Waals surface area contributed by atoms with Crippen LogP contribution in [0.4, 0.5) is 4.39 Å². The number of nitrogens with one attached hydrogen (secondary N) is 2. The van der Waals surface area contributed by atoms with Gasteiger partial charge >= 0.3 is 0 Å². The van der Waals surface area contributed by atoms with E-state index in [1.807, 2.05) is 29.6 Å². The molecule has 4 nitrogen and oxygen atoms in total. The molecular weight excluding hydrogens is 337 g/mol. The maximum Gasteiger partial charge on any atom is 0.191 e. The zero-order valence-corrected chi connectivity index (χ0v) is 14.6. The molecule has 1 aromatic carbocycles. The fourth-order valence-electron chi connectivity index (χ4n) is 2.32. The molecule has 130 valence electrons. The summed E-state index contributed by atoms with van der Waals surface area (Å²) >= 11 is 1.69. The molecule has 0 saturated carbocycles. The van der Waals surface area contributed by atoms with Gasteiger partial charge in [-0.2, -0.15) is 0 Å². The maximum absolute atomic E-state index is 13.3. The van der Waals surface area contributed by atoms with Gasteiger partial charge in [-0.15, -0.1) is 11.3 Å². The first-order valence-electron chi connectivity index (χ1n) is 8.11. The van der Waals surface area contributed by atoms with Crippen LogP contribution in [0.1, 0.15) is 16.2 Å². The predicted molar refractivity (Wildman–Crippen MR) is 99.1 cm³/mol. The van der Waals surface area contributed by atoms with E-state index in [1.165, 1.54) is 17.0 Å². The molecule has 25 heavy (non-hydrogen) atoms. The number of aliphatic imine (C=N–C) groups is 1. The number of halogens is 1. The summed E-state index contributed by atoms with van der Waals surface area (Å²) in [4.78, 5) is 5.78. The zero-order chi connectivity index (χ0) is 17.3. The van der Waals surface area contributed by atoms with Gasteiger partial charge in [0.1, 0.15) is 11.6 Å². The van der Waals surface area contributed by atoms with E-state index in [4.69, 9.17) is 4.42 Å². The number of thiophene rings is 1. The summed E-state index contributed by atoms with van der Waals surface area (Å²) in [5, 5.41) is 8.65. The molecule has 0 amide bonds. The van der Waals surface area contributed by atoms with Gasteiger partial charge in [0.05, 0.1) is 19.4 Å². The number of guanidine groups is 1. The van der Waals surface area contributed by atoms with Gasteiger partial charge in [0, 0.05) is 17.8 Å². The quantitative estimate of drug-likeness (QED) is 0.497. The highest BCUT2D eigenvalue weighted by atomic mass is 32.1. The first kappa shape index (κ1) is 17.2. The fourth-order valence-corrected chi connectivity index (χ4v) is 2.97. The standard InChI is InChI=1S/C19H20FN3OS/c20-16-5-1-4-15(12-16)13-22-19(23-14-18-7-3-11-25-18)21-9-8-17-6-2-10-24-17/h1-7,10-12H,8-9,13-14H2,(H2,21,22,23). The topological polar surface area (TPSA) is 49.6 Å². The van der Waals surface area contributed by atoms with Crippen LogP contribution in [0.2, 0.25) is 0 Å². The molecule has 3 aromatic rings. The van der Waals surface area contributed by atoms with Crippen molar-refractivity contribution in [3.63, 3.8) is 0 Å². The third kappa shape index (κ3) is 5.76. The zero-order valence-electron chi connectivity index (χ0n) is 13.7. The molecule has 0 fully saturated rings.